The minimum Gasteiger partial charge on any atom is -0.481 e. The lowest BCUT2D eigenvalue weighted by Crippen LogP contribution is -2.34. The van der Waals surface area contributed by atoms with Gasteiger partial charge in [0.25, 0.3) is 0 Å². The number of nitrogens with one attached hydrogen (secondary N) is 1. The Morgan fingerprint density at radius 3 is 2.33 bits per heavy atom. The highest BCUT2D eigenvalue weighted by Crippen LogP contribution is 2.28. The molecule has 1 amide bonds. The van der Waals surface area contributed by atoms with Crippen molar-refractivity contribution in [1.29, 1.82) is 0 Å². The second-order valence-corrected chi connectivity index (χ2v) is 5.51. The summed E-state index contributed by atoms with van der Waals surface area (Å²) in [4.78, 5) is 24.4. The van der Waals surface area contributed by atoms with Crippen LogP contribution in [-0.4, -0.2) is 35.0 Å². The van der Waals surface area contributed by atoms with E-state index in [0.29, 0.717) is 0 Å². The molecule has 0 aromatic heterocycles. The number of rotatable bonds is 5. The van der Waals surface area contributed by atoms with Gasteiger partial charge in [-0.1, -0.05) is 18.6 Å². The average molecular weight is 290 g/mol. The van der Waals surface area contributed by atoms with Crippen molar-refractivity contribution in [1.82, 2.24) is 4.90 Å². The molecule has 0 saturated carbocycles. The highest BCUT2D eigenvalue weighted by molar-refractivity contribution is 5.88. The van der Waals surface area contributed by atoms with E-state index >= 15 is 0 Å². The van der Waals surface area contributed by atoms with Crippen LogP contribution in [0.25, 0.3) is 0 Å². The van der Waals surface area contributed by atoms with Gasteiger partial charge in [0.2, 0.25) is 5.91 Å². The molecule has 1 saturated heterocycles. The molecule has 0 radical (unpaired) electrons. The number of carboxylic acids is 1. The molecule has 1 atom stereocenters. The van der Waals surface area contributed by atoms with Gasteiger partial charge in [-0.2, -0.15) is 0 Å². The van der Waals surface area contributed by atoms with E-state index < -0.39 is 5.97 Å². The zero-order valence-electron chi connectivity index (χ0n) is 12.3. The number of carbonyl (C=O) groups is 2. The molecule has 0 bridgehead atoms. The number of carbonyl (C=O) groups excluding carboxylic acids is 1. The minimum absolute atomic E-state index is 0.0887. The van der Waals surface area contributed by atoms with E-state index in [4.69, 9.17) is 5.11 Å². The largest absolute Gasteiger partial charge is 0.481 e. The fraction of sp³-hybridized carbons (Fsp3) is 0.500. The predicted octanol–water partition coefficient (Wildman–Crippen LogP) is 2.65. The van der Waals surface area contributed by atoms with Gasteiger partial charge in [-0.05, 0) is 43.6 Å². The standard InChI is InChI=1S/C16H22N2O3/c1-12(19)17-14-7-5-13(6-8-14)15(11-16(20)21)18-9-3-2-4-10-18/h5-8,15H,2-4,9-11H2,1H3,(H,17,19)(H,20,21)/t15-/m0/s1. The molecule has 0 spiro atoms. The minimum atomic E-state index is -0.781. The van der Waals surface area contributed by atoms with Gasteiger partial charge in [0, 0.05) is 18.7 Å². The Kier molecular flexibility index (Phi) is 5.33. The molecule has 0 aliphatic carbocycles. The van der Waals surface area contributed by atoms with Crippen LogP contribution in [0.3, 0.4) is 0 Å². The number of piperidine rings is 1. The van der Waals surface area contributed by atoms with Crippen LogP contribution in [0.1, 0.15) is 44.2 Å². The SMILES string of the molecule is CC(=O)Nc1ccc([C@H](CC(=O)O)N2CCCCC2)cc1. The van der Waals surface area contributed by atoms with E-state index in [2.05, 4.69) is 10.2 Å². The van der Waals surface area contributed by atoms with Crippen molar-refractivity contribution in [3.8, 4) is 0 Å². The second kappa shape index (κ2) is 7.22. The third-order valence-corrected chi connectivity index (χ3v) is 3.82. The van der Waals surface area contributed by atoms with Crippen molar-refractivity contribution in [2.75, 3.05) is 18.4 Å². The maximum atomic E-state index is 11.2. The average Bonchev–Trinajstić information content (AvgIpc) is 2.46. The Morgan fingerprint density at radius 1 is 1.19 bits per heavy atom. The highest BCUT2D eigenvalue weighted by atomic mass is 16.4. The monoisotopic (exact) mass is 290 g/mol. The van der Waals surface area contributed by atoms with Crippen LogP contribution in [0.5, 0.6) is 0 Å². The number of nitrogens with zero attached hydrogens (tertiary/aromatic N) is 1. The molecule has 2 N–H and O–H groups in total. The first kappa shape index (κ1) is 15.5. The number of hydrogen-bond acceptors (Lipinski definition) is 3. The van der Waals surface area contributed by atoms with Gasteiger partial charge in [-0.15, -0.1) is 0 Å². The van der Waals surface area contributed by atoms with Gasteiger partial charge in [0.05, 0.1) is 6.42 Å². The Bertz CT molecular complexity index is 493. The molecule has 2 rings (SSSR count). The first-order chi connectivity index (χ1) is 10.1. The van der Waals surface area contributed by atoms with Crippen molar-refractivity contribution >= 4 is 17.6 Å². The van der Waals surface area contributed by atoms with Gasteiger partial charge < -0.3 is 10.4 Å². The Hall–Kier alpha value is -1.88. The van der Waals surface area contributed by atoms with Crippen LogP contribution in [0.15, 0.2) is 24.3 Å². The molecule has 1 aliphatic heterocycles. The Balaban J connectivity index is 2.15. The normalized spacial score (nSPS) is 17.2. The molecule has 1 heterocycles. The molecule has 5 nitrogen and oxygen atoms in total. The maximum absolute atomic E-state index is 11.2. The summed E-state index contributed by atoms with van der Waals surface area (Å²) in [5.74, 6) is -0.891. The molecule has 5 heteroatoms. The summed E-state index contributed by atoms with van der Waals surface area (Å²) in [6, 6.07) is 7.39. The van der Waals surface area contributed by atoms with Gasteiger partial charge in [-0.3, -0.25) is 14.5 Å². The van der Waals surface area contributed by atoms with Crippen molar-refractivity contribution < 1.29 is 14.7 Å². The number of anilines is 1. The fourth-order valence-electron chi connectivity index (χ4n) is 2.85. The van der Waals surface area contributed by atoms with Crippen LogP contribution in [0.2, 0.25) is 0 Å². The smallest absolute Gasteiger partial charge is 0.305 e. The van der Waals surface area contributed by atoms with Crippen LogP contribution >= 0.6 is 0 Å². The predicted molar refractivity (Wildman–Crippen MR) is 81.2 cm³/mol. The lowest BCUT2D eigenvalue weighted by Gasteiger charge is -2.34. The maximum Gasteiger partial charge on any atom is 0.305 e. The summed E-state index contributed by atoms with van der Waals surface area (Å²) in [6.45, 7) is 3.37. The third-order valence-electron chi connectivity index (χ3n) is 3.82. The van der Waals surface area contributed by atoms with Gasteiger partial charge in [0.15, 0.2) is 0 Å². The van der Waals surface area contributed by atoms with Crippen molar-refractivity contribution in [2.24, 2.45) is 0 Å². The molecular formula is C16H22N2O3. The molecule has 114 valence electrons. The quantitative estimate of drug-likeness (QED) is 0.874. The van der Waals surface area contributed by atoms with E-state index in [1.54, 1.807) is 0 Å². The Labute approximate surface area is 125 Å². The van der Waals surface area contributed by atoms with E-state index in [1.165, 1.54) is 13.3 Å². The van der Waals surface area contributed by atoms with Crippen molar-refractivity contribution in [3.63, 3.8) is 0 Å². The summed E-state index contributed by atoms with van der Waals surface area (Å²) in [5, 5.41) is 11.9. The zero-order valence-corrected chi connectivity index (χ0v) is 12.3. The first-order valence-electron chi connectivity index (χ1n) is 7.39. The molecular weight excluding hydrogens is 268 g/mol. The number of aliphatic carboxylic acids is 1. The molecule has 21 heavy (non-hydrogen) atoms. The van der Waals surface area contributed by atoms with Crippen molar-refractivity contribution in [3.05, 3.63) is 29.8 Å². The topological polar surface area (TPSA) is 69.6 Å². The highest BCUT2D eigenvalue weighted by Gasteiger charge is 2.24. The van der Waals surface area contributed by atoms with Gasteiger partial charge >= 0.3 is 5.97 Å². The van der Waals surface area contributed by atoms with E-state index in [9.17, 15) is 9.59 Å². The van der Waals surface area contributed by atoms with Crippen LogP contribution in [-0.2, 0) is 9.59 Å². The summed E-state index contributed by atoms with van der Waals surface area (Å²) in [7, 11) is 0. The first-order valence-corrected chi connectivity index (χ1v) is 7.39. The van der Waals surface area contributed by atoms with Crippen LogP contribution < -0.4 is 5.32 Å². The summed E-state index contributed by atoms with van der Waals surface area (Å²) in [6.07, 6.45) is 3.58. The number of carboxylic acid groups (broad SMARTS) is 1. The Morgan fingerprint density at radius 2 is 1.81 bits per heavy atom. The molecule has 0 unspecified atom stereocenters. The zero-order chi connectivity index (χ0) is 15.2. The molecule has 1 fully saturated rings. The van der Waals surface area contributed by atoms with Gasteiger partial charge in [-0.25, -0.2) is 0 Å². The van der Waals surface area contributed by atoms with Gasteiger partial charge in [0.1, 0.15) is 0 Å². The fourth-order valence-corrected chi connectivity index (χ4v) is 2.85. The molecule has 1 aromatic carbocycles. The second-order valence-electron chi connectivity index (χ2n) is 5.51. The van der Waals surface area contributed by atoms with Crippen LogP contribution in [0, 0.1) is 0 Å². The van der Waals surface area contributed by atoms with E-state index in [1.807, 2.05) is 24.3 Å². The van der Waals surface area contributed by atoms with E-state index in [-0.39, 0.29) is 18.4 Å². The molecule has 1 aliphatic rings. The number of amides is 1. The number of benzene rings is 1. The summed E-state index contributed by atoms with van der Waals surface area (Å²) in [5.41, 5.74) is 1.73. The van der Waals surface area contributed by atoms with Crippen LogP contribution in [0.4, 0.5) is 5.69 Å². The lowest BCUT2D eigenvalue weighted by atomic mass is 9.98. The lowest BCUT2D eigenvalue weighted by molar-refractivity contribution is -0.138. The number of hydrogen-bond donors (Lipinski definition) is 2. The van der Waals surface area contributed by atoms with Crippen molar-refractivity contribution in [2.45, 2.75) is 38.6 Å². The third kappa shape index (κ3) is 4.56. The summed E-state index contributed by atoms with van der Waals surface area (Å²) < 4.78 is 0. The van der Waals surface area contributed by atoms with E-state index in [0.717, 1.165) is 37.2 Å². The molecule has 1 aromatic rings. The summed E-state index contributed by atoms with van der Waals surface area (Å²) >= 11 is 0. The number of likely N-dealkylation sites (tertiary alicyclic amines) is 1.